The molecule has 0 aliphatic rings. The van der Waals surface area contributed by atoms with Crippen LogP contribution in [0.15, 0.2) is 24.5 Å². The molecular weight excluding hydrogens is 318 g/mol. The maximum atomic E-state index is 12.2. The zero-order valence-corrected chi connectivity index (χ0v) is 14.8. The van der Waals surface area contributed by atoms with Crippen LogP contribution in [0.25, 0.3) is 0 Å². The first-order chi connectivity index (χ1) is 10.8. The average Bonchev–Trinajstić information content (AvgIpc) is 2.51. The quantitative estimate of drug-likeness (QED) is 0.574. The maximum Gasteiger partial charge on any atom is 0.237 e. The van der Waals surface area contributed by atoms with Crippen LogP contribution < -0.4 is 0 Å². The molecule has 7 nitrogen and oxygen atoms in total. The van der Waals surface area contributed by atoms with Crippen LogP contribution in [-0.2, 0) is 26.0 Å². The molecule has 23 heavy (non-hydrogen) atoms. The van der Waals surface area contributed by atoms with Gasteiger partial charge in [0.15, 0.2) is 0 Å². The van der Waals surface area contributed by atoms with E-state index in [-0.39, 0.29) is 19.0 Å². The Morgan fingerprint density at radius 3 is 2.48 bits per heavy atom. The van der Waals surface area contributed by atoms with Gasteiger partial charge in [-0.05, 0) is 30.5 Å². The predicted molar refractivity (Wildman–Crippen MR) is 88.5 cm³/mol. The molecule has 0 saturated heterocycles. The summed E-state index contributed by atoms with van der Waals surface area (Å²) in [6, 6.07) is 3.79. The lowest BCUT2D eigenvalue weighted by Gasteiger charge is -2.23. The van der Waals surface area contributed by atoms with Crippen molar-refractivity contribution in [3.05, 3.63) is 30.1 Å². The van der Waals surface area contributed by atoms with Gasteiger partial charge in [-0.2, -0.15) is 4.31 Å². The molecule has 1 heterocycles. The number of sulfonamides is 1. The molecule has 1 amide bonds. The lowest BCUT2D eigenvalue weighted by molar-refractivity contribution is -0.130. The van der Waals surface area contributed by atoms with Gasteiger partial charge >= 0.3 is 0 Å². The van der Waals surface area contributed by atoms with E-state index >= 15 is 0 Å². The molecule has 0 N–H and O–H groups in total. The summed E-state index contributed by atoms with van der Waals surface area (Å²) < 4.78 is 29.7. The lowest BCUT2D eigenvalue weighted by Crippen LogP contribution is -2.42. The molecule has 1 aromatic heterocycles. The Hall–Kier alpha value is -1.51. The number of ether oxygens (including phenoxy) is 1. The van der Waals surface area contributed by atoms with E-state index in [9.17, 15) is 13.2 Å². The summed E-state index contributed by atoms with van der Waals surface area (Å²) in [5.41, 5.74) is 1.08. The van der Waals surface area contributed by atoms with Gasteiger partial charge in [-0.3, -0.25) is 9.78 Å². The van der Waals surface area contributed by atoms with Crippen molar-refractivity contribution < 1.29 is 17.9 Å². The minimum absolute atomic E-state index is 0.143. The number of carbonyl (C=O) groups excluding carboxylic acids is 1. The lowest BCUT2D eigenvalue weighted by atomic mass is 10.2. The molecular formula is C15H25N3O4S. The van der Waals surface area contributed by atoms with Crippen LogP contribution in [0.4, 0.5) is 0 Å². The number of hydrogen-bond acceptors (Lipinski definition) is 5. The van der Waals surface area contributed by atoms with Gasteiger partial charge in [0.2, 0.25) is 15.9 Å². The number of carbonyl (C=O) groups is 1. The number of hydrogen-bond donors (Lipinski definition) is 0. The molecule has 0 bridgehead atoms. The third-order valence-electron chi connectivity index (χ3n) is 3.45. The minimum Gasteiger partial charge on any atom is -0.385 e. The van der Waals surface area contributed by atoms with E-state index in [4.69, 9.17) is 4.74 Å². The number of methoxy groups -OCH3 is 1. The number of nitrogens with zero attached hydrogens (tertiary/aromatic N) is 3. The number of rotatable bonds is 10. The highest BCUT2D eigenvalue weighted by Gasteiger charge is 2.21. The summed E-state index contributed by atoms with van der Waals surface area (Å²) in [6.07, 6.45) is 5.78. The van der Waals surface area contributed by atoms with E-state index in [0.717, 1.165) is 11.8 Å². The zero-order chi connectivity index (χ0) is 17.3. The molecule has 0 saturated carbocycles. The van der Waals surface area contributed by atoms with Crippen molar-refractivity contribution in [2.45, 2.75) is 12.8 Å². The normalized spacial score (nSPS) is 11.7. The van der Waals surface area contributed by atoms with Crippen molar-refractivity contribution in [2.24, 2.45) is 0 Å². The topological polar surface area (TPSA) is 79.8 Å². The first-order valence-electron chi connectivity index (χ1n) is 7.41. The highest BCUT2D eigenvalue weighted by Crippen LogP contribution is 2.03. The first-order valence-corrected chi connectivity index (χ1v) is 9.26. The van der Waals surface area contributed by atoms with E-state index < -0.39 is 10.0 Å². The highest BCUT2D eigenvalue weighted by atomic mass is 32.2. The second kappa shape index (κ2) is 9.59. The molecule has 8 heteroatoms. The number of aromatic nitrogens is 1. The molecule has 0 fully saturated rings. The fraction of sp³-hybridized carbons (Fsp3) is 0.600. The Bertz CT molecular complexity index is 578. The molecule has 0 radical (unpaired) electrons. The van der Waals surface area contributed by atoms with Crippen LogP contribution >= 0.6 is 0 Å². The third-order valence-corrected chi connectivity index (χ3v) is 4.70. The highest BCUT2D eigenvalue weighted by molar-refractivity contribution is 7.88. The van der Waals surface area contributed by atoms with E-state index in [2.05, 4.69) is 4.98 Å². The molecule has 0 aliphatic carbocycles. The first kappa shape index (κ1) is 19.5. The summed E-state index contributed by atoms with van der Waals surface area (Å²) >= 11 is 0. The van der Waals surface area contributed by atoms with Crippen molar-refractivity contribution in [2.75, 3.05) is 46.7 Å². The third kappa shape index (κ3) is 7.54. The monoisotopic (exact) mass is 343 g/mol. The smallest absolute Gasteiger partial charge is 0.237 e. The van der Waals surface area contributed by atoms with Gasteiger partial charge in [0.05, 0.1) is 12.8 Å². The van der Waals surface area contributed by atoms with Crippen LogP contribution in [0.3, 0.4) is 0 Å². The van der Waals surface area contributed by atoms with Gasteiger partial charge in [0, 0.05) is 46.2 Å². The number of pyridine rings is 1. The van der Waals surface area contributed by atoms with Crippen molar-refractivity contribution in [1.29, 1.82) is 0 Å². The number of likely N-dealkylation sites (N-methyl/N-ethyl adjacent to an activating group) is 1. The van der Waals surface area contributed by atoms with Gasteiger partial charge < -0.3 is 9.64 Å². The van der Waals surface area contributed by atoms with Gasteiger partial charge in [0.25, 0.3) is 0 Å². The summed E-state index contributed by atoms with van der Waals surface area (Å²) in [4.78, 5) is 17.7. The van der Waals surface area contributed by atoms with E-state index in [1.807, 2.05) is 12.1 Å². The standard InChI is InChI=1S/C15H25N3O4S/c1-17(11-7-14-5-8-16-9-6-14)15(19)13-18(23(3,20)21)10-4-12-22-2/h5-6,8-9H,4,7,10-13H2,1-3H3. The molecule has 0 aliphatic heterocycles. The summed E-state index contributed by atoms with van der Waals surface area (Å²) in [6.45, 7) is 1.11. The van der Waals surface area contributed by atoms with Crippen LogP contribution in [0, 0.1) is 0 Å². The Balaban J connectivity index is 2.52. The van der Waals surface area contributed by atoms with Crippen LogP contribution in [-0.4, -0.2) is 75.2 Å². The van der Waals surface area contributed by atoms with Crippen LogP contribution in [0.2, 0.25) is 0 Å². The van der Waals surface area contributed by atoms with Crippen LogP contribution in [0.5, 0.6) is 0 Å². The minimum atomic E-state index is -3.42. The van der Waals surface area contributed by atoms with E-state index in [0.29, 0.717) is 26.0 Å². The number of amides is 1. The largest absolute Gasteiger partial charge is 0.385 e. The SMILES string of the molecule is COCCCN(CC(=O)N(C)CCc1ccncc1)S(C)(=O)=O. The van der Waals surface area contributed by atoms with Gasteiger partial charge in [-0.1, -0.05) is 0 Å². The second-order valence-corrected chi connectivity index (χ2v) is 7.35. The summed E-state index contributed by atoms with van der Waals surface area (Å²) in [5, 5.41) is 0. The van der Waals surface area contributed by atoms with Crippen molar-refractivity contribution in [3.8, 4) is 0 Å². The molecule has 0 spiro atoms. The van der Waals surface area contributed by atoms with Crippen LogP contribution in [0.1, 0.15) is 12.0 Å². The van der Waals surface area contributed by atoms with Crippen molar-refractivity contribution in [3.63, 3.8) is 0 Å². The van der Waals surface area contributed by atoms with Crippen molar-refractivity contribution in [1.82, 2.24) is 14.2 Å². The van der Waals surface area contributed by atoms with Gasteiger partial charge in [-0.15, -0.1) is 0 Å². The molecule has 0 atom stereocenters. The van der Waals surface area contributed by atoms with E-state index in [1.54, 1.807) is 31.5 Å². The Kier molecular flexibility index (Phi) is 8.15. The predicted octanol–water partition coefficient (Wildman–Crippen LogP) is 0.381. The zero-order valence-electron chi connectivity index (χ0n) is 13.9. The van der Waals surface area contributed by atoms with Crippen molar-refractivity contribution >= 4 is 15.9 Å². The van der Waals surface area contributed by atoms with Gasteiger partial charge in [0.1, 0.15) is 0 Å². The fourth-order valence-electron chi connectivity index (χ4n) is 1.99. The molecule has 130 valence electrons. The fourth-order valence-corrected chi connectivity index (χ4v) is 2.80. The Morgan fingerprint density at radius 1 is 1.26 bits per heavy atom. The Labute approximate surface area is 138 Å². The van der Waals surface area contributed by atoms with Gasteiger partial charge in [-0.25, -0.2) is 8.42 Å². The van der Waals surface area contributed by atoms with E-state index in [1.165, 1.54) is 4.31 Å². The summed E-state index contributed by atoms with van der Waals surface area (Å²) in [7, 11) is -0.181. The second-order valence-electron chi connectivity index (χ2n) is 5.36. The summed E-state index contributed by atoms with van der Waals surface area (Å²) in [5.74, 6) is -0.220. The Morgan fingerprint density at radius 2 is 1.91 bits per heavy atom. The maximum absolute atomic E-state index is 12.2. The molecule has 0 aromatic carbocycles. The molecule has 1 aromatic rings. The molecule has 0 unspecified atom stereocenters. The molecule has 1 rings (SSSR count). The average molecular weight is 343 g/mol.